The number of nitrogens with zero attached hydrogens (tertiary/aromatic N) is 2. The number of pyridine rings is 1. The maximum absolute atomic E-state index is 12.9. The van der Waals surface area contributed by atoms with Crippen molar-refractivity contribution >= 4 is 39.4 Å². The van der Waals surface area contributed by atoms with E-state index >= 15 is 0 Å². The second kappa shape index (κ2) is 8.55. The van der Waals surface area contributed by atoms with Crippen molar-refractivity contribution in [3.8, 4) is 0 Å². The van der Waals surface area contributed by atoms with Gasteiger partial charge in [0.1, 0.15) is 9.77 Å². The Morgan fingerprint density at radius 1 is 1.11 bits per heavy atom. The number of carbonyl (C=O) groups excluding carboxylic acids is 3. The van der Waals surface area contributed by atoms with Gasteiger partial charge in [0.05, 0.1) is 0 Å². The van der Waals surface area contributed by atoms with E-state index in [0.29, 0.717) is 0 Å². The van der Waals surface area contributed by atoms with Gasteiger partial charge >= 0.3 is 5.97 Å². The number of nitrogens with one attached hydrogen (secondary N) is 1. The van der Waals surface area contributed by atoms with E-state index in [4.69, 9.17) is 4.84 Å². The van der Waals surface area contributed by atoms with Crippen LogP contribution in [0.25, 0.3) is 0 Å². The van der Waals surface area contributed by atoms with Crippen LogP contribution in [0.3, 0.4) is 0 Å². The second-order valence-corrected chi connectivity index (χ2v) is 8.41. The summed E-state index contributed by atoms with van der Waals surface area (Å²) in [5.74, 6) is -1.48. The minimum atomic E-state index is -1.09. The molecule has 1 saturated heterocycles. The average Bonchev–Trinajstić information content (AvgIpc) is 3.03. The summed E-state index contributed by atoms with van der Waals surface area (Å²) in [5.41, 5.74) is 2.93. The number of imide groups is 1. The fourth-order valence-corrected chi connectivity index (χ4v) is 4.72. The van der Waals surface area contributed by atoms with Gasteiger partial charge in [0.2, 0.25) is 11.8 Å². The van der Waals surface area contributed by atoms with Crippen LogP contribution in [0.5, 0.6) is 0 Å². The van der Waals surface area contributed by atoms with Gasteiger partial charge in [0.15, 0.2) is 0 Å². The van der Waals surface area contributed by atoms with Crippen LogP contribution in [0.2, 0.25) is 0 Å². The molecule has 1 aliphatic heterocycles. The molecule has 3 rings (SSSR count). The fraction of sp³-hybridized carbons (Fsp3) is 0.222. The van der Waals surface area contributed by atoms with Crippen LogP contribution >= 0.6 is 21.6 Å². The molecule has 0 radical (unpaired) electrons. The van der Waals surface area contributed by atoms with Crippen molar-refractivity contribution in [3.63, 3.8) is 0 Å². The third-order valence-corrected chi connectivity index (χ3v) is 6.92. The first-order valence-corrected chi connectivity index (χ1v) is 10.3. The first kappa shape index (κ1) is 19.4. The zero-order valence-electron chi connectivity index (χ0n) is 14.5. The summed E-state index contributed by atoms with van der Waals surface area (Å²) < 4.78 is -1.09. The highest BCUT2D eigenvalue weighted by Gasteiger charge is 2.40. The van der Waals surface area contributed by atoms with Crippen LogP contribution in [-0.4, -0.2) is 27.8 Å². The molecule has 2 aromatic rings. The van der Waals surface area contributed by atoms with Gasteiger partial charge in [-0.1, -0.05) is 52.8 Å². The van der Waals surface area contributed by atoms with Gasteiger partial charge in [-0.05, 0) is 35.4 Å². The van der Waals surface area contributed by atoms with Crippen LogP contribution in [0.4, 0.5) is 0 Å². The molecule has 1 N–H and O–H groups in total. The first-order chi connectivity index (χ1) is 13.0. The minimum absolute atomic E-state index is 0.101. The van der Waals surface area contributed by atoms with E-state index in [9.17, 15) is 14.4 Å². The third-order valence-electron chi connectivity index (χ3n) is 3.93. The topological polar surface area (TPSA) is 88.6 Å². The Morgan fingerprint density at radius 3 is 2.41 bits per heavy atom. The number of hydrazine groups is 1. The van der Waals surface area contributed by atoms with Crippen LogP contribution in [0.15, 0.2) is 59.8 Å². The van der Waals surface area contributed by atoms with E-state index in [1.54, 1.807) is 13.1 Å². The molecule has 2 heterocycles. The van der Waals surface area contributed by atoms with Gasteiger partial charge in [-0.15, -0.1) is 0 Å². The van der Waals surface area contributed by atoms with E-state index < -0.39 is 22.5 Å². The van der Waals surface area contributed by atoms with E-state index in [-0.39, 0.29) is 12.8 Å². The van der Waals surface area contributed by atoms with Gasteiger partial charge < -0.3 is 4.84 Å². The molecule has 1 fully saturated rings. The molecule has 27 heavy (non-hydrogen) atoms. The lowest BCUT2D eigenvalue weighted by Crippen LogP contribution is -2.45. The van der Waals surface area contributed by atoms with E-state index in [0.717, 1.165) is 15.6 Å². The maximum atomic E-state index is 12.9. The maximum Gasteiger partial charge on any atom is 0.348 e. The minimum Gasteiger partial charge on any atom is -0.348 e. The summed E-state index contributed by atoms with van der Waals surface area (Å²) >= 11 is 0. The highest BCUT2D eigenvalue weighted by atomic mass is 33.1. The summed E-state index contributed by atoms with van der Waals surface area (Å²) in [6, 6.07) is 14.7. The molecular weight excluding hydrogens is 386 g/mol. The number of rotatable bonds is 7. The molecule has 0 saturated carbocycles. The zero-order valence-corrected chi connectivity index (χ0v) is 16.1. The van der Waals surface area contributed by atoms with Gasteiger partial charge in [0.25, 0.3) is 0 Å². The van der Waals surface area contributed by atoms with Crippen molar-refractivity contribution < 1.29 is 19.2 Å². The van der Waals surface area contributed by atoms with Gasteiger partial charge in [-0.25, -0.2) is 9.78 Å². The molecule has 1 aliphatic rings. The van der Waals surface area contributed by atoms with Gasteiger partial charge in [-0.3, -0.25) is 9.59 Å². The summed E-state index contributed by atoms with van der Waals surface area (Å²) in [5, 5.41) is 1.48. The number of aromatic nitrogens is 1. The molecule has 2 amide bonds. The summed E-state index contributed by atoms with van der Waals surface area (Å²) in [4.78, 5) is 45.5. The van der Waals surface area contributed by atoms with Crippen LogP contribution in [0.1, 0.15) is 25.3 Å². The second-order valence-electron chi connectivity index (χ2n) is 5.84. The predicted octanol–water partition coefficient (Wildman–Crippen LogP) is 2.85. The molecule has 1 aromatic heterocycles. The fourth-order valence-electron chi connectivity index (χ4n) is 2.34. The molecule has 1 unspecified atom stereocenters. The summed E-state index contributed by atoms with van der Waals surface area (Å²) in [7, 11) is 2.61. The first-order valence-electron chi connectivity index (χ1n) is 8.15. The molecule has 0 bridgehead atoms. The lowest BCUT2D eigenvalue weighted by Gasteiger charge is -2.27. The van der Waals surface area contributed by atoms with Crippen molar-refractivity contribution in [1.29, 1.82) is 0 Å². The molecule has 9 heteroatoms. The average molecular weight is 403 g/mol. The monoisotopic (exact) mass is 403 g/mol. The molecular formula is C18H17N3O4S2. The van der Waals surface area contributed by atoms with Crippen LogP contribution in [-0.2, 0) is 24.0 Å². The molecule has 7 nitrogen and oxygen atoms in total. The zero-order chi connectivity index (χ0) is 19.3. The van der Waals surface area contributed by atoms with E-state index in [1.165, 1.54) is 21.6 Å². The summed E-state index contributed by atoms with van der Waals surface area (Å²) in [6.07, 6.45) is 1.88. The number of carbonyl (C=O) groups is 3. The van der Waals surface area contributed by atoms with Crippen LogP contribution in [0, 0.1) is 0 Å². The smallest absolute Gasteiger partial charge is 0.348 e. The van der Waals surface area contributed by atoms with E-state index in [1.807, 2.05) is 48.5 Å². The Balaban J connectivity index is 1.75. The lowest BCUT2D eigenvalue weighted by molar-refractivity contribution is -0.174. The Morgan fingerprint density at radius 2 is 1.78 bits per heavy atom. The van der Waals surface area contributed by atoms with Crippen molar-refractivity contribution in [1.82, 2.24) is 15.6 Å². The van der Waals surface area contributed by atoms with Crippen molar-refractivity contribution in [3.05, 3.63) is 60.3 Å². The van der Waals surface area contributed by atoms with Crippen LogP contribution < -0.4 is 5.59 Å². The number of amides is 2. The SMILES string of the molecule is CC(SSc1ccccn1)(C(=O)ONN1C(=O)CCC1=O)c1ccccc1. The molecule has 140 valence electrons. The van der Waals surface area contributed by atoms with Crippen molar-refractivity contribution in [2.24, 2.45) is 0 Å². The van der Waals surface area contributed by atoms with E-state index in [2.05, 4.69) is 10.6 Å². The third kappa shape index (κ3) is 4.49. The largest absolute Gasteiger partial charge is 0.348 e. The Hall–Kier alpha value is -2.36. The van der Waals surface area contributed by atoms with Gasteiger partial charge in [-0.2, -0.15) is 5.01 Å². The highest BCUT2D eigenvalue weighted by Crippen LogP contribution is 2.47. The van der Waals surface area contributed by atoms with Crippen molar-refractivity contribution in [2.45, 2.75) is 29.5 Å². The Labute approximate surface area is 164 Å². The summed E-state index contributed by atoms with van der Waals surface area (Å²) in [6.45, 7) is 1.72. The molecule has 0 aliphatic carbocycles. The molecule has 1 aromatic carbocycles. The molecule has 1 atom stereocenters. The quantitative estimate of drug-likeness (QED) is 0.429. The standard InChI is InChI=1S/C18H17N3O4S2/c1-18(13-7-3-2-4-8-13,27-26-14-9-5-6-12-19-14)17(24)25-20-21-15(22)10-11-16(21)23/h2-9,12,20H,10-11H2,1H3. The highest BCUT2D eigenvalue weighted by molar-refractivity contribution is 8.77. The number of hydrogen-bond acceptors (Lipinski definition) is 8. The lowest BCUT2D eigenvalue weighted by atomic mass is 10.0. The number of benzene rings is 1. The Kier molecular flexibility index (Phi) is 6.15. The number of hydrogen-bond donors (Lipinski definition) is 1. The predicted molar refractivity (Wildman–Crippen MR) is 102 cm³/mol. The molecule has 0 spiro atoms. The van der Waals surface area contributed by atoms with Crippen molar-refractivity contribution in [2.75, 3.05) is 0 Å². The normalized spacial score (nSPS) is 16.3. The Bertz CT molecular complexity index is 819. The van der Waals surface area contributed by atoms with Gasteiger partial charge in [0, 0.05) is 19.0 Å².